The van der Waals surface area contributed by atoms with Crippen molar-refractivity contribution in [3.8, 4) is 0 Å². The van der Waals surface area contributed by atoms with E-state index in [-0.39, 0.29) is 11.9 Å². The van der Waals surface area contributed by atoms with Crippen molar-refractivity contribution >= 4 is 34.5 Å². The van der Waals surface area contributed by atoms with Crippen LogP contribution >= 0.6 is 22.9 Å². The second-order valence-corrected chi connectivity index (χ2v) is 6.69. The zero-order chi connectivity index (χ0) is 14.8. The number of benzene rings is 1. The van der Waals surface area contributed by atoms with E-state index in [0.717, 1.165) is 25.2 Å². The first-order valence-electron chi connectivity index (χ1n) is 6.99. The molecule has 110 valence electrons. The van der Waals surface area contributed by atoms with Crippen molar-refractivity contribution in [3.05, 3.63) is 51.2 Å². The summed E-state index contributed by atoms with van der Waals surface area (Å²) in [6.45, 7) is 3.43. The van der Waals surface area contributed by atoms with Gasteiger partial charge >= 0.3 is 0 Å². The van der Waals surface area contributed by atoms with Gasteiger partial charge < -0.3 is 10.2 Å². The first-order chi connectivity index (χ1) is 10.1. The number of anilines is 1. The molecular formula is C16H17ClN2OS. The molecule has 1 aliphatic rings. The van der Waals surface area contributed by atoms with Gasteiger partial charge in [0.25, 0.3) is 0 Å². The molecule has 0 bridgehead atoms. The van der Waals surface area contributed by atoms with E-state index < -0.39 is 0 Å². The van der Waals surface area contributed by atoms with Crippen LogP contribution in [0.15, 0.2) is 35.7 Å². The van der Waals surface area contributed by atoms with Crippen LogP contribution in [0, 0.1) is 0 Å². The molecule has 0 spiro atoms. The smallest absolute Gasteiger partial charge is 0.245 e. The average molecular weight is 321 g/mol. The molecule has 1 atom stereocenters. The summed E-state index contributed by atoms with van der Waals surface area (Å²) < 4.78 is 0. The number of nitrogens with zero attached hydrogens (tertiary/aromatic N) is 1. The van der Waals surface area contributed by atoms with Gasteiger partial charge in [-0.2, -0.15) is 0 Å². The molecule has 2 heterocycles. The van der Waals surface area contributed by atoms with E-state index >= 15 is 0 Å². The summed E-state index contributed by atoms with van der Waals surface area (Å²) in [4.78, 5) is 15.9. The Morgan fingerprint density at radius 2 is 2.10 bits per heavy atom. The Balaban J connectivity index is 1.64. The standard InChI is InChI=1S/C16H17ClN2OS/c1-11(18-14-4-2-13(17)3-5-14)16(20)19-8-6-15-12(10-19)7-9-21-15/h2-5,7,9,11,18H,6,8,10H2,1H3. The Hall–Kier alpha value is -1.52. The van der Waals surface area contributed by atoms with Gasteiger partial charge in [0.05, 0.1) is 0 Å². The van der Waals surface area contributed by atoms with Crippen LogP contribution in [0.1, 0.15) is 17.4 Å². The summed E-state index contributed by atoms with van der Waals surface area (Å²) in [5.74, 6) is 0.141. The van der Waals surface area contributed by atoms with Crippen LogP contribution in [-0.4, -0.2) is 23.4 Å². The van der Waals surface area contributed by atoms with Crippen molar-refractivity contribution in [2.75, 3.05) is 11.9 Å². The van der Waals surface area contributed by atoms with Gasteiger partial charge in [-0.15, -0.1) is 11.3 Å². The van der Waals surface area contributed by atoms with E-state index in [1.54, 1.807) is 11.3 Å². The van der Waals surface area contributed by atoms with Gasteiger partial charge in [0.15, 0.2) is 0 Å². The van der Waals surface area contributed by atoms with Gasteiger partial charge in [-0.25, -0.2) is 0 Å². The van der Waals surface area contributed by atoms with Gasteiger partial charge in [-0.3, -0.25) is 4.79 Å². The van der Waals surface area contributed by atoms with Crippen molar-refractivity contribution in [1.29, 1.82) is 0 Å². The fourth-order valence-electron chi connectivity index (χ4n) is 2.57. The number of halogens is 1. The van der Waals surface area contributed by atoms with E-state index in [9.17, 15) is 4.79 Å². The molecule has 1 unspecified atom stereocenters. The quantitative estimate of drug-likeness (QED) is 0.933. The third kappa shape index (κ3) is 3.22. The second-order valence-electron chi connectivity index (χ2n) is 5.25. The van der Waals surface area contributed by atoms with Crippen LogP contribution in [0.4, 0.5) is 5.69 Å². The number of hydrogen-bond acceptors (Lipinski definition) is 3. The lowest BCUT2D eigenvalue weighted by Gasteiger charge is -2.30. The minimum atomic E-state index is -0.244. The van der Waals surface area contributed by atoms with Gasteiger partial charge in [-0.05, 0) is 54.6 Å². The Bertz CT molecular complexity index is 638. The highest BCUT2D eigenvalue weighted by molar-refractivity contribution is 7.10. The number of hydrogen-bond donors (Lipinski definition) is 1. The molecule has 5 heteroatoms. The minimum absolute atomic E-state index is 0.141. The van der Waals surface area contributed by atoms with Crippen molar-refractivity contribution in [2.45, 2.75) is 25.9 Å². The summed E-state index contributed by atoms with van der Waals surface area (Å²) in [7, 11) is 0. The molecule has 0 fully saturated rings. The molecule has 3 nitrogen and oxygen atoms in total. The molecule has 1 aliphatic heterocycles. The van der Waals surface area contributed by atoms with Crippen molar-refractivity contribution in [2.24, 2.45) is 0 Å². The van der Waals surface area contributed by atoms with Crippen LogP contribution in [-0.2, 0) is 17.8 Å². The first-order valence-corrected chi connectivity index (χ1v) is 8.25. The van der Waals surface area contributed by atoms with Crippen molar-refractivity contribution in [3.63, 3.8) is 0 Å². The van der Waals surface area contributed by atoms with Gasteiger partial charge in [0.2, 0.25) is 5.91 Å². The topological polar surface area (TPSA) is 32.3 Å². The number of carbonyl (C=O) groups excluding carboxylic acids is 1. The molecular weight excluding hydrogens is 304 g/mol. The lowest BCUT2D eigenvalue weighted by atomic mass is 10.1. The molecule has 3 rings (SSSR count). The van der Waals surface area contributed by atoms with Gasteiger partial charge in [0.1, 0.15) is 6.04 Å². The predicted molar refractivity (Wildman–Crippen MR) is 88.0 cm³/mol. The van der Waals surface area contributed by atoms with E-state index in [4.69, 9.17) is 11.6 Å². The lowest BCUT2D eigenvalue weighted by Crippen LogP contribution is -2.43. The number of rotatable bonds is 3. The Labute approximate surface area is 133 Å². The third-order valence-corrected chi connectivity index (χ3v) is 4.99. The fourth-order valence-corrected chi connectivity index (χ4v) is 3.58. The average Bonchev–Trinajstić information content (AvgIpc) is 2.96. The van der Waals surface area contributed by atoms with E-state index in [0.29, 0.717) is 5.02 Å². The van der Waals surface area contributed by atoms with Crippen molar-refractivity contribution < 1.29 is 4.79 Å². The normalized spacial score (nSPS) is 15.4. The number of carbonyl (C=O) groups is 1. The Morgan fingerprint density at radius 3 is 2.86 bits per heavy atom. The number of thiophene rings is 1. The fraction of sp³-hybridized carbons (Fsp3) is 0.312. The van der Waals surface area contributed by atoms with E-state index in [2.05, 4.69) is 16.8 Å². The Morgan fingerprint density at radius 1 is 1.33 bits per heavy atom. The molecule has 1 N–H and O–H groups in total. The largest absolute Gasteiger partial charge is 0.374 e. The molecule has 1 aromatic carbocycles. The summed E-state index contributed by atoms with van der Waals surface area (Å²) in [5, 5.41) is 6.04. The van der Waals surface area contributed by atoms with E-state index in [1.165, 1.54) is 10.4 Å². The zero-order valence-electron chi connectivity index (χ0n) is 11.8. The molecule has 0 saturated carbocycles. The maximum atomic E-state index is 12.5. The van der Waals surface area contributed by atoms with Crippen molar-refractivity contribution in [1.82, 2.24) is 4.90 Å². The maximum absolute atomic E-state index is 12.5. The molecule has 1 aromatic heterocycles. The molecule has 0 radical (unpaired) electrons. The minimum Gasteiger partial charge on any atom is -0.374 e. The summed E-state index contributed by atoms with van der Waals surface area (Å²) in [6, 6.07) is 9.29. The summed E-state index contributed by atoms with van der Waals surface area (Å²) >= 11 is 7.65. The third-order valence-electron chi connectivity index (χ3n) is 3.72. The first kappa shape index (κ1) is 14.4. The molecule has 2 aromatic rings. The monoisotopic (exact) mass is 320 g/mol. The number of nitrogens with one attached hydrogen (secondary N) is 1. The highest BCUT2D eigenvalue weighted by Gasteiger charge is 2.25. The SMILES string of the molecule is CC(Nc1ccc(Cl)cc1)C(=O)N1CCc2sccc2C1. The molecule has 0 aliphatic carbocycles. The predicted octanol–water partition coefficient (Wildman–Crippen LogP) is 3.79. The Kier molecular flexibility index (Phi) is 4.17. The second kappa shape index (κ2) is 6.08. The summed E-state index contributed by atoms with van der Waals surface area (Å²) in [5.41, 5.74) is 2.20. The lowest BCUT2D eigenvalue weighted by molar-refractivity contribution is -0.132. The van der Waals surface area contributed by atoms with Crippen LogP contribution < -0.4 is 5.32 Å². The molecule has 21 heavy (non-hydrogen) atoms. The maximum Gasteiger partial charge on any atom is 0.245 e. The van der Waals surface area contributed by atoms with Crippen LogP contribution in [0.5, 0.6) is 0 Å². The van der Waals surface area contributed by atoms with Gasteiger partial charge in [0, 0.05) is 28.7 Å². The van der Waals surface area contributed by atoms with Crippen LogP contribution in [0.25, 0.3) is 0 Å². The number of fused-ring (bicyclic) bond motifs is 1. The zero-order valence-corrected chi connectivity index (χ0v) is 13.4. The summed E-state index contributed by atoms with van der Waals surface area (Å²) in [6.07, 6.45) is 0.965. The van der Waals surface area contributed by atoms with Crippen LogP contribution in [0.2, 0.25) is 5.02 Å². The number of amides is 1. The molecule has 0 saturated heterocycles. The highest BCUT2D eigenvalue weighted by atomic mass is 35.5. The van der Waals surface area contributed by atoms with Crippen LogP contribution in [0.3, 0.4) is 0 Å². The highest BCUT2D eigenvalue weighted by Crippen LogP contribution is 2.24. The molecule has 1 amide bonds. The van der Waals surface area contributed by atoms with Gasteiger partial charge in [-0.1, -0.05) is 11.6 Å². The van der Waals surface area contributed by atoms with E-state index in [1.807, 2.05) is 36.1 Å².